The molecule has 0 aliphatic rings. The van der Waals surface area contributed by atoms with Crippen LogP contribution in [0.5, 0.6) is 0 Å². The third-order valence-electron chi connectivity index (χ3n) is 3.50. The second-order valence-electron chi connectivity index (χ2n) is 6.34. The van der Waals surface area contributed by atoms with Gasteiger partial charge in [0.05, 0.1) is 25.2 Å². The normalized spacial score (nSPS) is 14.0. The Kier molecular flexibility index (Phi) is 13.3. The van der Waals surface area contributed by atoms with Crippen LogP contribution in [0.15, 0.2) is 0 Å². The van der Waals surface area contributed by atoms with Crippen LogP contribution in [0.25, 0.3) is 0 Å². The summed E-state index contributed by atoms with van der Waals surface area (Å²) >= 11 is 1.29. The minimum atomic E-state index is -1.07. The van der Waals surface area contributed by atoms with E-state index in [0.29, 0.717) is 12.2 Å². The van der Waals surface area contributed by atoms with Gasteiger partial charge in [0, 0.05) is 31.9 Å². The van der Waals surface area contributed by atoms with E-state index in [2.05, 4.69) is 10.6 Å². The lowest BCUT2D eigenvalue weighted by Gasteiger charge is -2.20. The first kappa shape index (κ1) is 26.1. The smallest absolute Gasteiger partial charge is 0.308 e. The van der Waals surface area contributed by atoms with Gasteiger partial charge in [-0.1, -0.05) is 13.8 Å². The van der Waals surface area contributed by atoms with Crippen LogP contribution in [-0.4, -0.2) is 78.8 Å². The third-order valence-corrected chi connectivity index (χ3v) is 4.70. The van der Waals surface area contributed by atoms with Crippen molar-refractivity contribution in [3.63, 3.8) is 0 Å². The molecular weight excluding hydrogens is 390 g/mol. The van der Waals surface area contributed by atoms with E-state index >= 15 is 0 Å². The van der Waals surface area contributed by atoms with Gasteiger partial charge >= 0.3 is 11.9 Å². The standard InChI is InChI=1S/C17H31N3O7S/c1-10(2)17(25)27-12(5-6-26-11(3)22)8-28-9-13(18)15(23)20-14(7-21)16(24)19-4/h10,12-14,21H,5-9,18H2,1-4H3,(H,19,24)(H,20,23). The maximum Gasteiger partial charge on any atom is 0.308 e. The molecule has 2 amide bonds. The molecule has 0 radical (unpaired) electrons. The number of esters is 2. The van der Waals surface area contributed by atoms with E-state index < -0.39 is 42.6 Å². The van der Waals surface area contributed by atoms with E-state index in [1.54, 1.807) is 13.8 Å². The average Bonchev–Trinajstić information content (AvgIpc) is 2.64. The molecule has 10 nitrogen and oxygen atoms in total. The van der Waals surface area contributed by atoms with Crippen LogP contribution in [0, 0.1) is 5.92 Å². The lowest BCUT2D eigenvalue weighted by atomic mass is 10.2. The molecule has 0 fully saturated rings. The molecule has 0 saturated carbocycles. The Balaban J connectivity index is 4.53. The van der Waals surface area contributed by atoms with E-state index in [1.807, 2.05) is 0 Å². The number of ether oxygens (including phenoxy) is 2. The number of hydrogen-bond donors (Lipinski definition) is 4. The fraction of sp³-hybridized carbons (Fsp3) is 0.765. The predicted molar refractivity (Wildman–Crippen MR) is 104 cm³/mol. The first-order valence-electron chi connectivity index (χ1n) is 8.92. The Labute approximate surface area is 169 Å². The summed E-state index contributed by atoms with van der Waals surface area (Å²) in [5, 5.41) is 13.8. The number of aliphatic hydroxyl groups excluding tert-OH is 1. The van der Waals surface area contributed by atoms with Crippen LogP contribution < -0.4 is 16.4 Å². The Morgan fingerprint density at radius 3 is 2.29 bits per heavy atom. The Morgan fingerprint density at radius 2 is 1.79 bits per heavy atom. The van der Waals surface area contributed by atoms with Crippen LogP contribution in [0.4, 0.5) is 0 Å². The maximum atomic E-state index is 12.0. The molecule has 28 heavy (non-hydrogen) atoms. The molecule has 3 atom stereocenters. The molecule has 0 aromatic carbocycles. The zero-order valence-electron chi connectivity index (χ0n) is 16.7. The minimum absolute atomic E-state index is 0.114. The largest absolute Gasteiger partial charge is 0.466 e. The van der Waals surface area contributed by atoms with Crippen LogP contribution >= 0.6 is 11.8 Å². The summed E-state index contributed by atoms with van der Waals surface area (Å²) in [6.45, 7) is 4.28. The molecule has 0 spiro atoms. The first-order valence-corrected chi connectivity index (χ1v) is 10.1. The SMILES string of the molecule is CNC(=O)C(CO)NC(=O)C(N)CSCC(CCOC(C)=O)OC(=O)C(C)C. The monoisotopic (exact) mass is 421 g/mol. The molecule has 0 bridgehead atoms. The first-order chi connectivity index (χ1) is 13.1. The summed E-state index contributed by atoms with van der Waals surface area (Å²) in [4.78, 5) is 46.2. The van der Waals surface area contributed by atoms with Gasteiger partial charge in [-0.25, -0.2) is 0 Å². The predicted octanol–water partition coefficient (Wildman–Crippen LogP) is -1.21. The lowest BCUT2D eigenvalue weighted by Crippen LogP contribution is -2.53. The van der Waals surface area contributed by atoms with Crippen LogP contribution in [0.1, 0.15) is 27.2 Å². The van der Waals surface area contributed by atoms with Crippen LogP contribution in [0.3, 0.4) is 0 Å². The highest BCUT2D eigenvalue weighted by molar-refractivity contribution is 7.99. The number of amides is 2. The zero-order valence-corrected chi connectivity index (χ0v) is 17.5. The van der Waals surface area contributed by atoms with Crippen molar-refractivity contribution in [3.05, 3.63) is 0 Å². The second-order valence-corrected chi connectivity index (χ2v) is 7.42. The maximum absolute atomic E-state index is 12.0. The Morgan fingerprint density at radius 1 is 1.14 bits per heavy atom. The summed E-state index contributed by atoms with van der Waals surface area (Å²) < 4.78 is 10.3. The molecule has 0 aromatic heterocycles. The van der Waals surface area contributed by atoms with Crippen molar-refractivity contribution in [2.24, 2.45) is 11.7 Å². The zero-order chi connectivity index (χ0) is 21.7. The average molecular weight is 422 g/mol. The van der Waals surface area contributed by atoms with Gasteiger partial charge in [0.1, 0.15) is 12.1 Å². The molecule has 0 aliphatic heterocycles. The summed E-state index contributed by atoms with van der Waals surface area (Å²) in [6.07, 6.45) is -0.166. The van der Waals surface area contributed by atoms with Gasteiger partial charge in [-0.2, -0.15) is 11.8 Å². The van der Waals surface area contributed by atoms with Crippen molar-refractivity contribution in [2.75, 3.05) is 31.8 Å². The molecule has 0 aromatic rings. The van der Waals surface area contributed by atoms with Crippen molar-refractivity contribution in [2.45, 2.75) is 45.4 Å². The number of thioether (sulfide) groups is 1. The van der Waals surface area contributed by atoms with Gasteiger partial charge in [-0.3, -0.25) is 19.2 Å². The van der Waals surface area contributed by atoms with E-state index in [4.69, 9.17) is 20.3 Å². The highest BCUT2D eigenvalue weighted by Gasteiger charge is 2.23. The van der Waals surface area contributed by atoms with E-state index in [1.165, 1.54) is 25.7 Å². The number of aliphatic hydroxyl groups is 1. The highest BCUT2D eigenvalue weighted by Crippen LogP contribution is 2.13. The van der Waals surface area contributed by atoms with Gasteiger partial charge in [0.25, 0.3) is 0 Å². The van der Waals surface area contributed by atoms with Crippen molar-refractivity contribution >= 4 is 35.5 Å². The molecular formula is C17H31N3O7S. The summed E-state index contributed by atoms with van der Waals surface area (Å²) in [7, 11) is 1.39. The van der Waals surface area contributed by atoms with E-state index in [9.17, 15) is 19.2 Å². The fourth-order valence-electron chi connectivity index (χ4n) is 1.86. The second kappa shape index (κ2) is 14.2. The summed E-state index contributed by atoms with van der Waals surface area (Å²) in [6, 6.07) is -1.99. The molecule has 3 unspecified atom stereocenters. The van der Waals surface area contributed by atoms with Crippen molar-refractivity contribution in [1.29, 1.82) is 0 Å². The highest BCUT2D eigenvalue weighted by atomic mass is 32.2. The molecule has 11 heteroatoms. The number of rotatable bonds is 13. The lowest BCUT2D eigenvalue weighted by molar-refractivity contribution is -0.153. The molecule has 0 aliphatic carbocycles. The molecule has 0 heterocycles. The van der Waals surface area contributed by atoms with E-state index in [-0.39, 0.29) is 24.2 Å². The minimum Gasteiger partial charge on any atom is -0.466 e. The van der Waals surface area contributed by atoms with Crippen LogP contribution in [-0.2, 0) is 28.7 Å². The van der Waals surface area contributed by atoms with Gasteiger partial charge in [-0.05, 0) is 0 Å². The topological polar surface area (TPSA) is 157 Å². The molecule has 0 saturated heterocycles. The van der Waals surface area contributed by atoms with Gasteiger partial charge < -0.3 is 30.9 Å². The van der Waals surface area contributed by atoms with Crippen molar-refractivity contribution in [1.82, 2.24) is 10.6 Å². The van der Waals surface area contributed by atoms with Gasteiger partial charge in [-0.15, -0.1) is 0 Å². The summed E-state index contributed by atoms with van der Waals surface area (Å²) in [5.74, 6) is -1.62. The Bertz CT molecular complexity index is 531. The van der Waals surface area contributed by atoms with Gasteiger partial charge in [0.15, 0.2) is 0 Å². The number of nitrogens with two attached hydrogens (primary N) is 1. The van der Waals surface area contributed by atoms with Crippen molar-refractivity contribution < 1.29 is 33.8 Å². The Hall–Kier alpha value is -1.85. The quantitative estimate of drug-likeness (QED) is 0.268. The number of hydrogen-bond acceptors (Lipinski definition) is 9. The molecule has 162 valence electrons. The summed E-state index contributed by atoms with van der Waals surface area (Å²) in [5.41, 5.74) is 5.81. The van der Waals surface area contributed by atoms with Gasteiger partial charge in [0.2, 0.25) is 11.8 Å². The van der Waals surface area contributed by atoms with E-state index in [0.717, 1.165) is 0 Å². The number of nitrogens with one attached hydrogen (secondary N) is 2. The fourth-order valence-corrected chi connectivity index (χ4v) is 2.90. The number of carbonyl (C=O) groups excluding carboxylic acids is 4. The number of carbonyl (C=O) groups is 4. The third kappa shape index (κ3) is 11.1. The number of likely N-dealkylation sites (N-methyl/N-ethyl adjacent to an activating group) is 1. The molecule has 5 N–H and O–H groups in total. The van der Waals surface area contributed by atoms with Crippen molar-refractivity contribution in [3.8, 4) is 0 Å². The molecule has 0 rings (SSSR count). The van der Waals surface area contributed by atoms with Crippen LogP contribution in [0.2, 0.25) is 0 Å².